The summed E-state index contributed by atoms with van der Waals surface area (Å²) < 4.78 is 27.8. The molecule has 1 aromatic rings. The van der Waals surface area contributed by atoms with Crippen LogP contribution in [-0.2, 0) is 19.4 Å². The lowest BCUT2D eigenvalue weighted by Gasteiger charge is -2.64. The first kappa shape index (κ1) is 35.6. The average molecular weight is 636 g/mol. The largest absolute Gasteiger partial charge is 0.300 e. The lowest BCUT2D eigenvalue weighted by atomic mass is 9.39. The predicted octanol–water partition coefficient (Wildman–Crippen LogP) is 9.18. The lowest BCUT2D eigenvalue weighted by molar-refractivity contribution is -0.156. The Hall–Kier alpha value is -2.26. The highest BCUT2D eigenvalue weighted by molar-refractivity contribution is 7.91. The summed E-state index contributed by atoms with van der Waals surface area (Å²) in [5.41, 5.74) is -1.63. The molecule has 0 bridgehead atoms. The van der Waals surface area contributed by atoms with Crippen molar-refractivity contribution in [2.24, 2.45) is 50.2 Å². The van der Waals surface area contributed by atoms with Crippen LogP contribution >= 0.6 is 0 Å². The number of hydrogen-bond acceptors (Lipinski definition) is 5. The molecular formula is C39H57NO4S. The van der Waals surface area contributed by atoms with Crippen LogP contribution in [0.5, 0.6) is 0 Å². The van der Waals surface area contributed by atoms with Crippen LogP contribution in [0, 0.1) is 61.6 Å². The van der Waals surface area contributed by atoms with Gasteiger partial charge < -0.3 is 4.79 Å². The molecule has 2 fully saturated rings. The fourth-order valence-electron chi connectivity index (χ4n) is 10.3. The number of fused-ring (bicyclic) bond motifs is 1. The minimum Gasteiger partial charge on any atom is -0.300 e. The molecule has 0 amide bonds. The minimum absolute atomic E-state index is 0.0331. The molecule has 6 atom stereocenters. The first-order valence-corrected chi connectivity index (χ1v) is 18.7. The second-order valence-corrected chi connectivity index (χ2v) is 19.6. The highest BCUT2D eigenvalue weighted by Crippen LogP contribution is 2.68. The molecule has 0 aliphatic heterocycles. The number of allylic oxidation sites excluding steroid dienone is 2. The summed E-state index contributed by atoms with van der Waals surface area (Å²) in [6.45, 7) is 21.6. The van der Waals surface area contributed by atoms with Crippen LogP contribution < -0.4 is 0 Å². The van der Waals surface area contributed by atoms with Crippen LogP contribution in [0.2, 0.25) is 0 Å². The number of Topliss-reactive ketones (excluding diaryl/α,β-unsaturated/α-hetero) is 2. The maximum Gasteiger partial charge on any atom is 0.178 e. The zero-order chi connectivity index (χ0) is 33.9. The van der Waals surface area contributed by atoms with E-state index in [0.29, 0.717) is 11.3 Å². The molecule has 4 rings (SSSR count). The molecule has 1 aromatic carbocycles. The number of sulfone groups is 1. The van der Waals surface area contributed by atoms with Crippen LogP contribution in [-0.4, -0.2) is 25.7 Å². The van der Waals surface area contributed by atoms with Gasteiger partial charge in [-0.3, -0.25) is 4.79 Å². The topological polar surface area (TPSA) is 92.1 Å². The molecule has 3 aliphatic carbocycles. The first-order chi connectivity index (χ1) is 20.6. The number of nitrogens with zero attached hydrogens (tertiary/aromatic N) is 1. The number of ketones is 2. The van der Waals surface area contributed by atoms with Crippen LogP contribution in [0.1, 0.15) is 121 Å². The van der Waals surface area contributed by atoms with Crippen LogP contribution in [0.25, 0.3) is 0 Å². The van der Waals surface area contributed by atoms with Gasteiger partial charge in [-0.15, -0.1) is 0 Å². The Morgan fingerprint density at radius 2 is 1.64 bits per heavy atom. The SMILES string of the molecule is CC(=O)C[C@@H]1[C@@]2(C)C=C(C#N)C(=O)C(C)(C)[C@@H]2CC[C@@]1(C)C(C)(C)CC[C@@]1(CS(=O)(=O)c2ccccc2)CCC(C)(C)CC1C. The molecule has 3 aliphatic rings. The molecule has 0 spiro atoms. The molecular weight excluding hydrogens is 578 g/mol. The smallest absolute Gasteiger partial charge is 0.178 e. The molecule has 2 saturated carbocycles. The Kier molecular flexibility index (Phi) is 9.30. The van der Waals surface area contributed by atoms with Crippen molar-refractivity contribution in [2.75, 3.05) is 5.75 Å². The fraction of sp³-hybridized carbons (Fsp3) is 0.718. The van der Waals surface area contributed by atoms with E-state index in [2.05, 4.69) is 54.5 Å². The molecule has 1 unspecified atom stereocenters. The van der Waals surface area contributed by atoms with Gasteiger partial charge in [-0.25, -0.2) is 8.42 Å². The van der Waals surface area contributed by atoms with Gasteiger partial charge >= 0.3 is 0 Å². The monoisotopic (exact) mass is 635 g/mol. The van der Waals surface area contributed by atoms with E-state index < -0.39 is 20.7 Å². The Balaban J connectivity index is 1.74. The molecule has 5 nitrogen and oxygen atoms in total. The number of carbonyl (C=O) groups excluding carboxylic acids is 2. The maximum atomic E-state index is 13.9. The van der Waals surface area contributed by atoms with Crippen molar-refractivity contribution in [3.05, 3.63) is 42.0 Å². The van der Waals surface area contributed by atoms with Crippen molar-refractivity contribution in [2.45, 2.75) is 125 Å². The summed E-state index contributed by atoms with van der Waals surface area (Å²) in [4.78, 5) is 26.7. The van der Waals surface area contributed by atoms with Crippen molar-refractivity contribution in [3.8, 4) is 6.07 Å². The Labute approximate surface area is 273 Å². The lowest BCUT2D eigenvalue weighted by Crippen LogP contribution is -2.60. The summed E-state index contributed by atoms with van der Waals surface area (Å²) in [7, 11) is -3.49. The Morgan fingerprint density at radius 3 is 2.20 bits per heavy atom. The average Bonchev–Trinajstić information content (AvgIpc) is 2.94. The Morgan fingerprint density at radius 1 is 1.02 bits per heavy atom. The van der Waals surface area contributed by atoms with E-state index in [1.165, 1.54) is 0 Å². The van der Waals surface area contributed by atoms with Gasteiger partial charge in [0.05, 0.1) is 16.2 Å². The van der Waals surface area contributed by atoms with Gasteiger partial charge in [-0.1, -0.05) is 86.6 Å². The first-order valence-electron chi connectivity index (χ1n) is 17.0. The molecule has 248 valence electrons. The van der Waals surface area contributed by atoms with Crippen LogP contribution in [0.3, 0.4) is 0 Å². The van der Waals surface area contributed by atoms with Crippen LogP contribution in [0.4, 0.5) is 0 Å². The Bertz CT molecular complexity index is 1500. The zero-order valence-electron chi connectivity index (χ0n) is 29.5. The van der Waals surface area contributed by atoms with Gasteiger partial charge in [0, 0.05) is 11.8 Å². The molecule has 0 N–H and O–H groups in total. The van der Waals surface area contributed by atoms with Crippen molar-refractivity contribution < 1.29 is 18.0 Å². The number of carbonyl (C=O) groups is 2. The molecule has 0 saturated heterocycles. The summed E-state index contributed by atoms with van der Waals surface area (Å²) in [6.07, 6.45) is 8.54. The highest BCUT2D eigenvalue weighted by atomic mass is 32.2. The highest BCUT2D eigenvalue weighted by Gasteiger charge is 2.63. The van der Waals surface area contributed by atoms with E-state index in [1.807, 2.05) is 26.0 Å². The molecule has 0 radical (unpaired) electrons. The fourth-order valence-corrected chi connectivity index (χ4v) is 12.4. The molecule has 0 heterocycles. The third-order valence-corrected chi connectivity index (χ3v) is 15.5. The number of hydrogen-bond donors (Lipinski definition) is 0. The van der Waals surface area contributed by atoms with Gasteiger partial charge in [0.1, 0.15) is 11.9 Å². The van der Waals surface area contributed by atoms with Gasteiger partial charge in [0.15, 0.2) is 15.6 Å². The van der Waals surface area contributed by atoms with E-state index in [-0.39, 0.29) is 62.3 Å². The predicted molar refractivity (Wildman–Crippen MR) is 181 cm³/mol. The van der Waals surface area contributed by atoms with Gasteiger partial charge in [-0.2, -0.15) is 5.26 Å². The van der Waals surface area contributed by atoms with E-state index in [0.717, 1.165) is 44.9 Å². The molecule has 45 heavy (non-hydrogen) atoms. The van der Waals surface area contributed by atoms with Crippen LogP contribution in [0.15, 0.2) is 46.9 Å². The second-order valence-electron chi connectivity index (χ2n) is 17.6. The maximum absolute atomic E-state index is 13.9. The second kappa shape index (κ2) is 11.8. The minimum atomic E-state index is -3.49. The van der Waals surface area contributed by atoms with E-state index in [9.17, 15) is 23.3 Å². The quantitative estimate of drug-likeness (QED) is 0.270. The van der Waals surface area contributed by atoms with E-state index >= 15 is 0 Å². The molecule has 0 aromatic heterocycles. The van der Waals surface area contributed by atoms with Gasteiger partial charge in [-0.05, 0) is 109 Å². The normalized spacial score (nSPS) is 34.7. The van der Waals surface area contributed by atoms with Crippen molar-refractivity contribution in [1.29, 1.82) is 5.26 Å². The van der Waals surface area contributed by atoms with E-state index in [4.69, 9.17) is 0 Å². The number of nitriles is 1. The summed E-state index contributed by atoms with van der Waals surface area (Å²) >= 11 is 0. The number of benzene rings is 1. The summed E-state index contributed by atoms with van der Waals surface area (Å²) in [5.74, 6) is 0.405. The number of rotatable bonds is 9. The van der Waals surface area contributed by atoms with Crippen molar-refractivity contribution in [3.63, 3.8) is 0 Å². The summed E-state index contributed by atoms with van der Waals surface area (Å²) in [5, 5.41) is 10.00. The van der Waals surface area contributed by atoms with Gasteiger partial charge in [0.2, 0.25) is 0 Å². The van der Waals surface area contributed by atoms with Crippen molar-refractivity contribution in [1.82, 2.24) is 0 Å². The van der Waals surface area contributed by atoms with E-state index in [1.54, 1.807) is 31.2 Å². The molecule has 6 heteroatoms. The third kappa shape index (κ3) is 6.24. The van der Waals surface area contributed by atoms with Gasteiger partial charge in [0.25, 0.3) is 0 Å². The third-order valence-electron chi connectivity index (χ3n) is 13.6. The zero-order valence-corrected chi connectivity index (χ0v) is 30.4. The standard InChI is InChI=1S/C39H57NO4S/c1-27-23-34(3,4)18-20-39(27,26-45(43,44)30-14-12-11-13-15-30)21-19-35(5,6)38(10)17-16-31-36(7,8)33(42)29(25-40)24-37(31,9)32(38)22-28(2)41/h11-15,24,27,31-32H,16-23,26H2,1-10H3/t27?,31-,32+,37-,38+,39+/m0/s1. The summed E-state index contributed by atoms with van der Waals surface area (Å²) in [6, 6.07) is 11.1. The van der Waals surface area contributed by atoms with Crippen molar-refractivity contribution >= 4 is 21.4 Å².